The van der Waals surface area contributed by atoms with Crippen molar-refractivity contribution in [2.75, 3.05) is 6.01 Å². The maximum absolute atomic E-state index is 11.6. The number of rotatable bonds is 3. The molecule has 0 atom stereocenters. The van der Waals surface area contributed by atoms with Crippen LogP contribution in [0.5, 0.6) is 0 Å². The van der Waals surface area contributed by atoms with Gasteiger partial charge in [0.15, 0.2) is 6.01 Å². The van der Waals surface area contributed by atoms with Gasteiger partial charge in [-0.1, -0.05) is 18.2 Å². The Morgan fingerprint density at radius 2 is 2.08 bits per heavy atom. The van der Waals surface area contributed by atoms with Crippen molar-refractivity contribution >= 4 is 18.0 Å². The molecule has 0 aromatic heterocycles. The van der Waals surface area contributed by atoms with Gasteiger partial charge in [0.05, 0.1) is 17.6 Å². The van der Waals surface area contributed by atoms with Gasteiger partial charge >= 0.3 is 5.97 Å². The van der Waals surface area contributed by atoms with Crippen molar-refractivity contribution in [1.29, 1.82) is 0 Å². The molecule has 0 spiro atoms. The quantitative estimate of drug-likeness (QED) is 0.678. The zero-order valence-corrected chi connectivity index (χ0v) is 7.01. The molecule has 0 radical (unpaired) electrons. The number of halogens is 1. The Morgan fingerprint density at radius 1 is 1.42 bits per heavy atom. The molecule has 0 aliphatic rings. The first-order valence-corrected chi connectivity index (χ1v) is 4.20. The van der Waals surface area contributed by atoms with E-state index in [0.29, 0.717) is 17.6 Å². The summed E-state index contributed by atoms with van der Waals surface area (Å²) in [6, 6.07) is 7.73. The van der Waals surface area contributed by atoms with Crippen molar-refractivity contribution in [3.8, 4) is 0 Å². The molecule has 1 aromatic rings. The lowest BCUT2D eigenvalue weighted by atomic mass is 10.2. The minimum Gasteiger partial charge on any atom is -0.385 e. The van der Waals surface area contributed by atoms with Crippen LogP contribution >= 0.6 is 12.0 Å². The predicted octanol–water partition coefficient (Wildman–Crippen LogP) is 2.42. The summed E-state index contributed by atoms with van der Waals surface area (Å²) in [6.07, 6.45) is 0. The third-order valence-electron chi connectivity index (χ3n) is 1.19. The van der Waals surface area contributed by atoms with Gasteiger partial charge in [-0.3, -0.25) is 0 Å². The molecule has 0 aliphatic carbocycles. The fourth-order valence-electron chi connectivity index (χ4n) is 0.698. The second-order valence-electron chi connectivity index (χ2n) is 1.96. The molecule has 12 heavy (non-hydrogen) atoms. The minimum atomic E-state index is -0.724. The van der Waals surface area contributed by atoms with Gasteiger partial charge in [0.2, 0.25) is 0 Å². The number of alkyl halides is 1. The average Bonchev–Trinajstić information content (AvgIpc) is 2.15. The van der Waals surface area contributed by atoms with E-state index in [2.05, 4.69) is 4.18 Å². The van der Waals surface area contributed by atoms with E-state index >= 15 is 0 Å². The Hall–Kier alpha value is -1.03. The maximum Gasteiger partial charge on any atom is 0.350 e. The molecule has 0 saturated carbocycles. The second-order valence-corrected chi connectivity index (χ2v) is 2.58. The first-order chi connectivity index (χ1) is 5.84. The minimum absolute atomic E-state index is 0.429. The molecule has 0 amide bonds. The topological polar surface area (TPSA) is 26.3 Å². The molecule has 0 saturated heterocycles. The van der Waals surface area contributed by atoms with Crippen LogP contribution in [0.15, 0.2) is 30.3 Å². The number of carbonyl (C=O) groups excluding carboxylic acids is 1. The van der Waals surface area contributed by atoms with Gasteiger partial charge in [-0.25, -0.2) is 9.18 Å². The van der Waals surface area contributed by atoms with Gasteiger partial charge in [0.25, 0.3) is 0 Å². The highest BCUT2D eigenvalue weighted by molar-refractivity contribution is 7.94. The molecule has 0 aliphatic heterocycles. The normalized spacial score (nSPS) is 9.42. The van der Waals surface area contributed by atoms with Crippen LogP contribution in [-0.2, 0) is 4.18 Å². The third-order valence-corrected chi connectivity index (χ3v) is 1.55. The molecular weight excluding hydrogens is 179 g/mol. The third kappa shape index (κ3) is 2.54. The Bertz CT molecular complexity index is 250. The average molecular weight is 186 g/mol. The summed E-state index contributed by atoms with van der Waals surface area (Å²) < 4.78 is 16.0. The van der Waals surface area contributed by atoms with E-state index in [0.717, 1.165) is 0 Å². The Balaban J connectivity index is 2.54. The van der Waals surface area contributed by atoms with Crippen molar-refractivity contribution in [2.45, 2.75) is 0 Å². The summed E-state index contributed by atoms with van der Waals surface area (Å²) in [6.45, 7) is 0. The molecular formula is C8H7FO2S. The van der Waals surface area contributed by atoms with Crippen LogP contribution in [0.2, 0.25) is 0 Å². The van der Waals surface area contributed by atoms with Crippen LogP contribution in [0.3, 0.4) is 0 Å². The molecule has 1 aromatic carbocycles. The Morgan fingerprint density at radius 3 is 2.67 bits per heavy atom. The van der Waals surface area contributed by atoms with Gasteiger partial charge < -0.3 is 4.18 Å². The zero-order valence-electron chi connectivity index (χ0n) is 6.20. The molecule has 0 heterocycles. The molecule has 2 nitrogen and oxygen atoms in total. The van der Waals surface area contributed by atoms with Crippen molar-refractivity contribution in [3.63, 3.8) is 0 Å². The van der Waals surface area contributed by atoms with Crippen molar-refractivity contribution < 1.29 is 13.4 Å². The number of hydrogen-bond donors (Lipinski definition) is 0. The van der Waals surface area contributed by atoms with Crippen molar-refractivity contribution in [1.82, 2.24) is 0 Å². The first-order valence-electron chi connectivity index (χ1n) is 3.29. The van der Waals surface area contributed by atoms with E-state index in [1.165, 1.54) is 0 Å². The van der Waals surface area contributed by atoms with Gasteiger partial charge in [-0.2, -0.15) is 0 Å². The lowest BCUT2D eigenvalue weighted by Crippen LogP contribution is -1.98. The van der Waals surface area contributed by atoms with Crippen LogP contribution in [0.25, 0.3) is 0 Å². The maximum atomic E-state index is 11.6. The van der Waals surface area contributed by atoms with Gasteiger partial charge in [-0.15, -0.1) is 0 Å². The molecule has 1 rings (SSSR count). The molecule has 0 bridgehead atoms. The summed E-state index contributed by atoms with van der Waals surface area (Å²) in [7, 11) is 0. The zero-order chi connectivity index (χ0) is 8.81. The van der Waals surface area contributed by atoms with E-state index in [1.54, 1.807) is 30.3 Å². The van der Waals surface area contributed by atoms with Gasteiger partial charge in [0, 0.05) is 0 Å². The van der Waals surface area contributed by atoms with Gasteiger partial charge in [0.1, 0.15) is 0 Å². The number of hydrogen-bond acceptors (Lipinski definition) is 3. The van der Waals surface area contributed by atoms with E-state index in [1.807, 2.05) is 0 Å². The van der Waals surface area contributed by atoms with Crippen LogP contribution in [-0.4, -0.2) is 12.0 Å². The van der Waals surface area contributed by atoms with E-state index in [4.69, 9.17) is 0 Å². The monoisotopic (exact) mass is 186 g/mol. The van der Waals surface area contributed by atoms with Crippen LogP contribution in [0.4, 0.5) is 4.39 Å². The number of carbonyl (C=O) groups is 1. The van der Waals surface area contributed by atoms with Crippen LogP contribution in [0.1, 0.15) is 10.4 Å². The molecule has 0 fully saturated rings. The Kier molecular flexibility index (Phi) is 3.60. The standard InChI is InChI=1S/C8H7FO2S/c9-6-12-11-8(10)7-4-2-1-3-5-7/h1-5H,6H2. The highest BCUT2D eigenvalue weighted by Gasteiger charge is 2.05. The second kappa shape index (κ2) is 4.77. The Labute approximate surface area is 73.9 Å². The lowest BCUT2D eigenvalue weighted by molar-refractivity contribution is 0.0766. The fraction of sp³-hybridized carbons (Fsp3) is 0.125. The molecule has 4 heteroatoms. The van der Waals surface area contributed by atoms with Crippen molar-refractivity contribution in [3.05, 3.63) is 35.9 Å². The highest BCUT2D eigenvalue weighted by atomic mass is 32.2. The summed E-state index contributed by atoms with van der Waals surface area (Å²) >= 11 is 0.495. The number of benzene rings is 1. The van der Waals surface area contributed by atoms with Gasteiger partial charge in [-0.05, 0) is 12.1 Å². The van der Waals surface area contributed by atoms with E-state index < -0.39 is 12.0 Å². The van der Waals surface area contributed by atoms with Crippen molar-refractivity contribution in [2.24, 2.45) is 0 Å². The summed E-state index contributed by atoms with van der Waals surface area (Å²) in [5.74, 6) is -0.516. The highest BCUT2D eigenvalue weighted by Crippen LogP contribution is 2.08. The molecule has 0 N–H and O–H groups in total. The fourth-order valence-corrected chi connectivity index (χ4v) is 0.946. The summed E-state index contributed by atoms with van der Waals surface area (Å²) in [5, 5.41) is 0. The lowest BCUT2D eigenvalue weighted by Gasteiger charge is -1.98. The molecule has 64 valence electrons. The van der Waals surface area contributed by atoms with Crippen LogP contribution in [0, 0.1) is 0 Å². The largest absolute Gasteiger partial charge is 0.385 e. The smallest absolute Gasteiger partial charge is 0.350 e. The van der Waals surface area contributed by atoms with Crippen LogP contribution < -0.4 is 0 Å². The first kappa shape index (κ1) is 9.06. The summed E-state index contributed by atoms with van der Waals surface area (Å²) in [4.78, 5) is 11.0. The predicted molar refractivity (Wildman–Crippen MR) is 45.4 cm³/mol. The summed E-state index contributed by atoms with van der Waals surface area (Å²) in [5.41, 5.74) is 0.429. The SMILES string of the molecule is O=C(OSCF)c1ccccc1. The van der Waals surface area contributed by atoms with E-state index in [-0.39, 0.29) is 0 Å². The van der Waals surface area contributed by atoms with E-state index in [9.17, 15) is 9.18 Å². The molecule has 0 unspecified atom stereocenters.